The van der Waals surface area contributed by atoms with Crippen LogP contribution in [-0.2, 0) is 9.53 Å². The maximum Gasteiger partial charge on any atom is 0.311 e. The van der Waals surface area contributed by atoms with Crippen LogP contribution in [0.2, 0.25) is 0 Å². The van der Waals surface area contributed by atoms with Gasteiger partial charge in [0.05, 0.1) is 18.6 Å². The molecule has 0 bridgehead atoms. The van der Waals surface area contributed by atoms with E-state index in [2.05, 4.69) is 11.8 Å². The van der Waals surface area contributed by atoms with Gasteiger partial charge in [0.25, 0.3) is 0 Å². The second-order valence-electron chi connectivity index (χ2n) is 5.65. The van der Waals surface area contributed by atoms with Gasteiger partial charge in [-0.1, -0.05) is 19.8 Å². The molecular weight excluding hydrogens is 230 g/mol. The Kier molecular flexibility index (Phi) is 4.28. The van der Waals surface area contributed by atoms with Crippen LogP contribution in [0.5, 0.6) is 0 Å². The number of carbonyl (C=O) groups is 1. The predicted octanol–water partition coefficient (Wildman–Crippen LogP) is 1.56. The van der Waals surface area contributed by atoms with Gasteiger partial charge in [-0.2, -0.15) is 0 Å². The molecule has 3 atom stereocenters. The number of carbonyl (C=O) groups excluding carboxylic acids is 1. The highest BCUT2D eigenvalue weighted by atomic mass is 16.5. The third-order valence-corrected chi connectivity index (χ3v) is 4.68. The number of rotatable bonds is 5. The molecule has 2 heterocycles. The molecule has 3 unspecified atom stereocenters. The lowest BCUT2D eigenvalue weighted by Crippen LogP contribution is -2.50. The lowest BCUT2D eigenvalue weighted by Gasteiger charge is -2.36. The van der Waals surface area contributed by atoms with Gasteiger partial charge in [-0.15, -0.1) is 0 Å². The van der Waals surface area contributed by atoms with Crippen LogP contribution in [0.4, 0.5) is 0 Å². The van der Waals surface area contributed by atoms with Crippen LogP contribution in [0.25, 0.3) is 0 Å². The van der Waals surface area contributed by atoms with Crippen LogP contribution in [-0.4, -0.2) is 47.8 Å². The maximum absolute atomic E-state index is 12.0. The molecule has 18 heavy (non-hydrogen) atoms. The van der Waals surface area contributed by atoms with Crippen molar-refractivity contribution in [2.45, 2.75) is 57.1 Å². The van der Waals surface area contributed by atoms with Gasteiger partial charge in [0.15, 0.2) is 0 Å². The Morgan fingerprint density at radius 1 is 1.56 bits per heavy atom. The van der Waals surface area contributed by atoms with E-state index in [1.165, 1.54) is 7.11 Å². The summed E-state index contributed by atoms with van der Waals surface area (Å²) in [7, 11) is 1.42. The Morgan fingerprint density at radius 3 is 3.00 bits per heavy atom. The van der Waals surface area contributed by atoms with E-state index >= 15 is 0 Å². The lowest BCUT2D eigenvalue weighted by atomic mass is 9.77. The zero-order valence-electron chi connectivity index (χ0n) is 11.5. The molecule has 0 saturated carbocycles. The molecule has 0 aromatic rings. The van der Waals surface area contributed by atoms with E-state index < -0.39 is 5.60 Å². The number of methoxy groups -OCH3 is 1. The van der Waals surface area contributed by atoms with Crippen LogP contribution < -0.4 is 0 Å². The van der Waals surface area contributed by atoms with Crippen LogP contribution in [0.3, 0.4) is 0 Å². The molecule has 0 spiro atoms. The summed E-state index contributed by atoms with van der Waals surface area (Å²) in [6.07, 6.45) is 5.60. The first kappa shape index (κ1) is 13.8. The topological polar surface area (TPSA) is 49.8 Å². The van der Waals surface area contributed by atoms with Crippen molar-refractivity contribution >= 4 is 5.97 Å². The zero-order chi connectivity index (χ0) is 13.2. The molecule has 0 aromatic heterocycles. The number of ether oxygens (including phenoxy) is 1. The third kappa shape index (κ3) is 2.28. The first-order valence-corrected chi connectivity index (χ1v) is 7.17. The molecule has 0 aliphatic carbocycles. The largest absolute Gasteiger partial charge is 0.469 e. The number of nitrogens with zero attached hydrogens (tertiary/aromatic N) is 1. The summed E-state index contributed by atoms with van der Waals surface area (Å²) in [6, 6.07) is 0.165. The van der Waals surface area contributed by atoms with Gasteiger partial charge in [-0.3, -0.25) is 9.69 Å². The van der Waals surface area contributed by atoms with Crippen molar-refractivity contribution in [3.63, 3.8) is 0 Å². The zero-order valence-corrected chi connectivity index (χ0v) is 11.5. The average molecular weight is 255 g/mol. The quantitative estimate of drug-likeness (QED) is 0.758. The Labute approximate surface area is 109 Å². The van der Waals surface area contributed by atoms with E-state index in [0.717, 1.165) is 45.2 Å². The van der Waals surface area contributed by atoms with Gasteiger partial charge in [-0.25, -0.2) is 0 Å². The average Bonchev–Trinajstić information content (AvgIpc) is 2.95. The van der Waals surface area contributed by atoms with E-state index in [-0.39, 0.29) is 17.9 Å². The standard InChI is InChI=1S/C14H25NO3/c1-3-4-6-11(13(16)18-2)14(17)8-10-15-9-5-7-12(14)15/h11-12,17H,3-10H2,1-2H3. The van der Waals surface area contributed by atoms with Crippen molar-refractivity contribution in [3.05, 3.63) is 0 Å². The van der Waals surface area contributed by atoms with Crippen LogP contribution in [0.15, 0.2) is 0 Å². The van der Waals surface area contributed by atoms with Crippen LogP contribution >= 0.6 is 0 Å². The molecule has 0 radical (unpaired) electrons. The van der Waals surface area contributed by atoms with Gasteiger partial charge in [0.1, 0.15) is 0 Å². The van der Waals surface area contributed by atoms with Gasteiger partial charge < -0.3 is 9.84 Å². The van der Waals surface area contributed by atoms with Crippen LogP contribution in [0, 0.1) is 5.92 Å². The molecule has 1 N–H and O–H groups in total. The molecule has 0 amide bonds. The summed E-state index contributed by atoms with van der Waals surface area (Å²) in [5.41, 5.74) is -0.862. The van der Waals surface area contributed by atoms with E-state index in [4.69, 9.17) is 4.74 Å². The van der Waals surface area contributed by atoms with Crippen molar-refractivity contribution in [3.8, 4) is 0 Å². The minimum Gasteiger partial charge on any atom is -0.469 e. The summed E-state index contributed by atoms with van der Waals surface area (Å²) in [6.45, 7) is 4.09. The number of fused-ring (bicyclic) bond motifs is 1. The number of aliphatic hydroxyl groups is 1. The van der Waals surface area contributed by atoms with Gasteiger partial charge in [0, 0.05) is 12.6 Å². The Balaban J connectivity index is 2.15. The molecule has 0 aromatic carbocycles. The molecule has 2 fully saturated rings. The van der Waals surface area contributed by atoms with Crippen molar-refractivity contribution in [1.82, 2.24) is 4.90 Å². The fourth-order valence-electron chi connectivity index (χ4n) is 3.68. The van der Waals surface area contributed by atoms with Gasteiger partial charge in [0.2, 0.25) is 0 Å². The second-order valence-corrected chi connectivity index (χ2v) is 5.65. The molecular formula is C14H25NO3. The smallest absolute Gasteiger partial charge is 0.311 e. The summed E-state index contributed by atoms with van der Waals surface area (Å²) in [4.78, 5) is 14.3. The molecule has 4 nitrogen and oxygen atoms in total. The highest BCUT2D eigenvalue weighted by Crippen LogP contribution is 2.42. The molecule has 2 aliphatic heterocycles. The SMILES string of the molecule is CCCCC(C(=O)OC)C1(O)CCN2CCCC21. The minimum atomic E-state index is -0.862. The minimum absolute atomic E-state index is 0.165. The van der Waals surface area contributed by atoms with E-state index in [1.54, 1.807) is 0 Å². The van der Waals surface area contributed by atoms with Crippen molar-refractivity contribution in [2.75, 3.05) is 20.2 Å². The summed E-state index contributed by atoms with van der Waals surface area (Å²) in [5.74, 6) is -0.588. The lowest BCUT2D eigenvalue weighted by molar-refractivity contribution is -0.158. The highest BCUT2D eigenvalue weighted by molar-refractivity contribution is 5.74. The van der Waals surface area contributed by atoms with Crippen molar-refractivity contribution in [1.29, 1.82) is 0 Å². The van der Waals surface area contributed by atoms with Crippen LogP contribution in [0.1, 0.15) is 45.4 Å². The molecule has 2 rings (SSSR count). The maximum atomic E-state index is 12.0. The molecule has 104 valence electrons. The summed E-state index contributed by atoms with van der Waals surface area (Å²) in [5, 5.41) is 11.0. The molecule has 2 aliphatic rings. The number of unbranched alkanes of at least 4 members (excludes halogenated alkanes) is 1. The highest BCUT2D eigenvalue weighted by Gasteiger charge is 2.54. The first-order valence-electron chi connectivity index (χ1n) is 7.17. The fourth-order valence-corrected chi connectivity index (χ4v) is 3.68. The number of hydrogen-bond donors (Lipinski definition) is 1. The fraction of sp³-hybridized carbons (Fsp3) is 0.929. The molecule has 2 saturated heterocycles. The normalized spacial score (nSPS) is 33.4. The summed E-state index contributed by atoms with van der Waals surface area (Å²) >= 11 is 0. The van der Waals surface area contributed by atoms with Gasteiger partial charge >= 0.3 is 5.97 Å². The second kappa shape index (κ2) is 5.57. The Bertz CT molecular complexity index is 307. The molecule has 4 heteroatoms. The predicted molar refractivity (Wildman–Crippen MR) is 69.2 cm³/mol. The van der Waals surface area contributed by atoms with E-state index in [1.807, 2.05) is 0 Å². The van der Waals surface area contributed by atoms with Crippen molar-refractivity contribution in [2.24, 2.45) is 5.92 Å². The monoisotopic (exact) mass is 255 g/mol. The van der Waals surface area contributed by atoms with E-state index in [9.17, 15) is 9.90 Å². The Morgan fingerprint density at radius 2 is 2.33 bits per heavy atom. The third-order valence-electron chi connectivity index (χ3n) is 4.68. The van der Waals surface area contributed by atoms with E-state index in [0.29, 0.717) is 6.42 Å². The Hall–Kier alpha value is -0.610. The summed E-state index contributed by atoms with van der Waals surface area (Å²) < 4.78 is 4.92. The first-order chi connectivity index (χ1) is 8.63. The van der Waals surface area contributed by atoms with Gasteiger partial charge in [-0.05, 0) is 32.2 Å². The number of hydrogen-bond acceptors (Lipinski definition) is 4. The number of esters is 1. The van der Waals surface area contributed by atoms with Crippen molar-refractivity contribution < 1.29 is 14.6 Å².